The molecule has 1 aliphatic carbocycles. The third-order valence-electron chi connectivity index (χ3n) is 4.22. The standard InChI is InChI=1S/C18H19ClFN/c1-2-21-18(14-9-8-13(20)10-17(14)19)16-11-15(16)12-6-4-3-5-7-12/h3-10,15-16,18,21H,2,11H2,1H3. The lowest BCUT2D eigenvalue weighted by Crippen LogP contribution is -2.23. The maximum atomic E-state index is 13.3. The molecule has 0 saturated heterocycles. The molecule has 1 N–H and O–H groups in total. The van der Waals surface area contributed by atoms with Crippen LogP contribution >= 0.6 is 11.6 Å². The average Bonchev–Trinajstić information content (AvgIpc) is 3.27. The first kappa shape index (κ1) is 14.6. The van der Waals surface area contributed by atoms with Crippen molar-refractivity contribution >= 4 is 11.6 Å². The molecular formula is C18H19ClFN. The Bertz CT molecular complexity index is 614. The van der Waals surface area contributed by atoms with Crippen LogP contribution in [0.2, 0.25) is 5.02 Å². The number of hydrogen-bond acceptors (Lipinski definition) is 1. The molecule has 3 rings (SSSR count). The number of benzene rings is 2. The highest BCUT2D eigenvalue weighted by Gasteiger charge is 2.44. The van der Waals surface area contributed by atoms with E-state index in [9.17, 15) is 4.39 Å². The number of rotatable bonds is 5. The van der Waals surface area contributed by atoms with Gasteiger partial charge in [0, 0.05) is 11.1 Å². The van der Waals surface area contributed by atoms with E-state index in [4.69, 9.17) is 11.6 Å². The van der Waals surface area contributed by atoms with Crippen LogP contribution < -0.4 is 5.32 Å². The summed E-state index contributed by atoms with van der Waals surface area (Å²) < 4.78 is 13.3. The molecule has 0 bridgehead atoms. The Morgan fingerprint density at radius 2 is 2.00 bits per heavy atom. The molecule has 3 heteroatoms. The second-order valence-electron chi connectivity index (χ2n) is 5.62. The Hall–Kier alpha value is -1.38. The summed E-state index contributed by atoms with van der Waals surface area (Å²) in [5.74, 6) is 0.807. The van der Waals surface area contributed by atoms with Gasteiger partial charge in [0.25, 0.3) is 0 Å². The van der Waals surface area contributed by atoms with E-state index in [0.717, 1.165) is 18.5 Å². The monoisotopic (exact) mass is 303 g/mol. The van der Waals surface area contributed by atoms with Crippen LogP contribution in [0.3, 0.4) is 0 Å². The predicted molar refractivity (Wildman–Crippen MR) is 85.1 cm³/mol. The molecule has 2 aromatic rings. The van der Waals surface area contributed by atoms with E-state index in [1.807, 2.05) is 12.1 Å². The molecular weight excluding hydrogens is 285 g/mol. The molecule has 1 aliphatic rings. The second-order valence-corrected chi connectivity index (χ2v) is 6.03. The van der Waals surface area contributed by atoms with Crippen LogP contribution in [0.1, 0.15) is 36.4 Å². The first-order chi connectivity index (χ1) is 10.2. The molecule has 1 nitrogen and oxygen atoms in total. The molecule has 0 spiro atoms. The summed E-state index contributed by atoms with van der Waals surface area (Å²) in [7, 11) is 0. The Balaban J connectivity index is 1.83. The largest absolute Gasteiger partial charge is 0.310 e. The van der Waals surface area contributed by atoms with Crippen molar-refractivity contribution in [3.63, 3.8) is 0 Å². The zero-order chi connectivity index (χ0) is 14.8. The summed E-state index contributed by atoms with van der Waals surface area (Å²) in [6.45, 7) is 2.96. The van der Waals surface area contributed by atoms with Crippen LogP contribution in [-0.4, -0.2) is 6.54 Å². The van der Waals surface area contributed by atoms with Gasteiger partial charge in [0.1, 0.15) is 5.82 Å². The maximum absolute atomic E-state index is 13.3. The minimum absolute atomic E-state index is 0.188. The third kappa shape index (κ3) is 3.12. The minimum atomic E-state index is -0.283. The SMILES string of the molecule is CCNC(c1ccc(F)cc1Cl)C1CC1c1ccccc1. The van der Waals surface area contributed by atoms with E-state index in [0.29, 0.717) is 16.9 Å². The highest BCUT2D eigenvalue weighted by Crippen LogP contribution is 2.54. The van der Waals surface area contributed by atoms with Crippen LogP contribution in [0.25, 0.3) is 0 Å². The van der Waals surface area contributed by atoms with Crippen molar-refractivity contribution in [2.24, 2.45) is 5.92 Å². The quantitative estimate of drug-likeness (QED) is 0.825. The highest BCUT2D eigenvalue weighted by atomic mass is 35.5. The molecule has 0 aromatic heterocycles. The van der Waals surface area contributed by atoms with Crippen molar-refractivity contribution in [1.82, 2.24) is 5.32 Å². The molecule has 21 heavy (non-hydrogen) atoms. The van der Waals surface area contributed by atoms with Crippen LogP contribution in [-0.2, 0) is 0 Å². The molecule has 0 aliphatic heterocycles. The normalized spacial score (nSPS) is 22.0. The van der Waals surface area contributed by atoms with Gasteiger partial charge in [-0.25, -0.2) is 4.39 Å². The topological polar surface area (TPSA) is 12.0 Å². The van der Waals surface area contributed by atoms with Gasteiger partial charge in [0.05, 0.1) is 0 Å². The molecule has 3 unspecified atom stereocenters. The molecule has 3 atom stereocenters. The molecule has 0 amide bonds. The second kappa shape index (κ2) is 6.17. The van der Waals surface area contributed by atoms with Crippen molar-refractivity contribution in [3.05, 3.63) is 70.5 Å². The Kier molecular flexibility index (Phi) is 4.27. The van der Waals surface area contributed by atoms with Crippen LogP contribution in [0.15, 0.2) is 48.5 Å². The van der Waals surface area contributed by atoms with Crippen LogP contribution in [0.4, 0.5) is 4.39 Å². The average molecular weight is 304 g/mol. The van der Waals surface area contributed by atoms with Crippen molar-refractivity contribution in [1.29, 1.82) is 0 Å². The van der Waals surface area contributed by atoms with Gasteiger partial charge in [-0.15, -0.1) is 0 Å². The Morgan fingerprint density at radius 3 is 2.67 bits per heavy atom. The first-order valence-corrected chi connectivity index (χ1v) is 7.81. The van der Waals surface area contributed by atoms with E-state index >= 15 is 0 Å². The van der Waals surface area contributed by atoms with Crippen molar-refractivity contribution in [2.75, 3.05) is 6.54 Å². The van der Waals surface area contributed by atoms with Gasteiger partial charge in [0.15, 0.2) is 0 Å². The fraction of sp³-hybridized carbons (Fsp3) is 0.333. The van der Waals surface area contributed by atoms with Gasteiger partial charge < -0.3 is 5.32 Å². The van der Waals surface area contributed by atoms with Gasteiger partial charge in [-0.05, 0) is 48.1 Å². The number of nitrogens with one attached hydrogen (secondary N) is 1. The van der Waals surface area contributed by atoms with Crippen molar-refractivity contribution in [3.8, 4) is 0 Å². The lowest BCUT2D eigenvalue weighted by molar-refractivity contribution is 0.486. The smallest absolute Gasteiger partial charge is 0.124 e. The molecule has 2 aromatic carbocycles. The van der Waals surface area contributed by atoms with E-state index in [1.54, 1.807) is 0 Å². The van der Waals surface area contributed by atoms with Gasteiger partial charge in [0.2, 0.25) is 0 Å². The summed E-state index contributed by atoms with van der Waals surface area (Å²) in [4.78, 5) is 0. The number of halogens is 2. The summed E-state index contributed by atoms with van der Waals surface area (Å²) in [6.07, 6.45) is 1.15. The summed E-state index contributed by atoms with van der Waals surface area (Å²) >= 11 is 6.25. The minimum Gasteiger partial charge on any atom is -0.310 e. The summed E-state index contributed by atoms with van der Waals surface area (Å²) in [5.41, 5.74) is 2.38. The van der Waals surface area contributed by atoms with E-state index in [1.165, 1.54) is 17.7 Å². The van der Waals surface area contributed by atoms with Crippen LogP contribution in [0.5, 0.6) is 0 Å². The molecule has 110 valence electrons. The van der Waals surface area contributed by atoms with Crippen molar-refractivity contribution < 1.29 is 4.39 Å². The van der Waals surface area contributed by atoms with E-state index in [-0.39, 0.29) is 11.9 Å². The van der Waals surface area contributed by atoms with Gasteiger partial charge in [-0.3, -0.25) is 0 Å². The Morgan fingerprint density at radius 1 is 1.24 bits per heavy atom. The number of hydrogen-bond donors (Lipinski definition) is 1. The van der Waals surface area contributed by atoms with E-state index < -0.39 is 0 Å². The fourth-order valence-electron chi connectivity index (χ4n) is 3.13. The summed E-state index contributed by atoms with van der Waals surface area (Å²) in [6, 6.07) is 15.5. The lowest BCUT2D eigenvalue weighted by Gasteiger charge is -2.20. The zero-order valence-corrected chi connectivity index (χ0v) is 12.8. The fourth-order valence-corrected chi connectivity index (χ4v) is 3.42. The third-order valence-corrected chi connectivity index (χ3v) is 4.54. The molecule has 0 heterocycles. The Labute approximate surface area is 130 Å². The van der Waals surface area contributed by atoms with Gasteiger partial charge >= 0.3 is 0 Å². The van der Waals surface area contributed by atoms with E-state index in [2.05, 4.69) is 36.5 Å². The lowest BCUT2D eigenvalue weighted by atomic mass is 9.98. The molecule has 1 saturated carbocycles. The molecule has 1 fully saturated rings. The van der Waals surface area contributed by atoms with Gasteiger partial charge in [-0.1, -0.05) is 54.9 Å². The summed E-state index contributed by atoms with van der Waals surface area (Å²) in [5, 5.41) is 4.03. The van der Waals surface area contributed by atoms with Gasteiger partial charge in [-0.2, -0.15) is 0 Å². The highest BCUT2D eigenvalue weighted by molar-refractivity contribution is 6.31. The van der Waals surface area contributed by atoms with Crippen molar-refractivity contribution in [2.45, 2.75) is 25.3 Å². The zero-order valence-electron chi connectivity index (χ0n) is 12.0. The maximum Gasteiger partial charge on any atom is 0.124 e. The van der Waals surface area contributed by atoms with Crippen LogP contribution in [0, 0.1) is 11.7 Å². The first-order valence-electron chi connectivity index (χ1n) is 7.44. The predicted octanol–water partition coefficient (Wildman–Crippen LogP) is 4.93. The molecule has 0 radical (unpaired) electrons.